The third-order valence-corrected chi connectivity index (χ3v) is 4.31. The number of carbonyl (C=O) groups is 1. The van der Waals surface area contributed by atoms with Gasteiger partial charge in [0.05, 0.1) is 17.3 Å². The normalized spacial score (nSPS) is 12.0. The summed E-state index contributed by atoms with van der Waals surface area (Å²) >= 11 is 0. The number of aryl methyl sites for hydroxylation is 1. The second-order valence-corrected chi connectivity index (χ2v) is 5.88. The van der Waals surface area contributed by atoms with Gasteiger partial charge in [0.25, 0.3) is 5.91 Å². The van der Waals surface area contributed by atoms with Gasteiger partial charge in [-0.05, 0) is 37.6 Å². The average molecular weight is 337 g/mol. The Kier molecular flexibility index (Phi) is 4.47. The van der Waals surface area contributed by atoms with Gasteiger partial charge in [0.15, 0.2) is 0 Å². The van der Waals surface area contributed by atoms with Crippen LogP contribution in [0.25, 0.3) is 5.69 Å². The summed E-state index contributed by atoms with van der Waals surface area (Å²) in [5.74, 6) is -0.137. The summed E-state index contributed by atoms with van der Waals surface area (Å²) in [5.41, 5.74) is 2.75. The molecule has 1 aromatic carbocycles. The molecule has 0 bridgehead atoms. The van der Waals surface area contributed by atoms with E-state index in [-0.39, 0.29) is 17.5 Å². The van der Waals surface area contributed by atoms with E-state index >= 15 is 0 Å². The molecule has 0 aliphatic rings. The van der Waals surface area contributed by atoms with Crippen molar-refractivity contribution >= 4 is 5.91 Å². The van der Waals surface area contributed by atoms with E-state index < -0.39 is 0 Å². The lowest BCUT2D eigenvalue weighted by Crippen LogP contribution is -2.31. The van der Waals surface area contributed by atoms with E-state index in [1.807, 2.05) is 31.2 Å². The maximum absolute atomic E-state index is 12.7. The van der Waals surface area contributed by atoms with E-state index in [1.54, 1.807) is 35.9 Å². The summed E-state index contributed by atoms with van der Waals surface area (Å²) in [6.45, 7) is 3.68. The van der Waals surface area contributed by atoms with Crippen LogP contribution in [0.3, 0.4) is 0 Å². The summed E-state index contributed by atoms with van der Waals surface area (Å²) in [6.07, 6.45) is 3.11. The van der Waals surface area contributed by atoms with Gasteiger partial charge >= 0.3 is 0 Å². The van der Waals surface area contributed by atoms with Gasteiger partial charge in [0.1, 0.15) is 12.7 Å². The van der Waals surface area contributed by atoms with Crippen LogP contribution in [-0.4, -0.2) is 37.6 Å². The highest BCUT2D eigenvalue weighted by atomic mass is 16.2. The average Bonchev–Trinajstić information content (AvgIpc) is 3.15. The topological polar surface area (TPSA) is 83.9 Å². The zero-order valence-electron chi connectivity index (χ0n) is 14.3. The van der Waals surface area contributed by atoms with Gasteiger partial charge in [-0.15, -0.1) is 0 Å². The van der Waals surface area contributed by atoms with Crippen LogP contribution >= 0.6 is 0 Å². The van der Waals surface area contributed by atoms with Gasteiger partial charge in [-0.1, -0.05) is 12.1 Å². The first-order valence-corrected chi connectivity index (χ1v) is 7.89. The molecule has 0 radical (unpaired) electrons. The summed E-state index contributed by atoms with van der Waals surface area (Å²) in [4.78, 5) is 32.3. The molecular weight excluding hydrogens is 318 g/mol. The highest BCUT2D eigenvalue weighted by Crippen LogP contribution is 2.22. The minimum atomic E-state index is -0.214. The molecule has 3 rings (SSSR count). The van der Waals surface area contributed by atoms with Crippen LogP contribution in [0, 0.1) is 6.92 Å². The zero-order valence-corrected chi connectivity index (χ0v) is 14.3. The Bertz CT molecular complexity index is 929. The predicted molar refractivity (Wildman–Crippen MR) is 93.7 cm³/mol. The Morgan fingerprint density at radius 1 is 1.20 bits per heavy atom. The standard InChI is InChI=1S/C18H19N5O2/c1-12-16(8-9-17(24)21-12)18(25)22(3)13(2)14-4-6-15(7-5-14)23-11-19-10-20-23/h4-11,13H,1-3H3,(H,21,24)/t13-/m0/s1. The first kappa shape index (κ1) is 16.6. The van der Waals surface area contributed by atoms with Crippen LogP contribution in [-0.2, 0) is 0 Å². The van der Waals surface area contributed by atoms with Crippen LogP contribution in [0.2, 0.25) is 0 Å². The fraction of sp³-hybridized carbons (Fsp3) is 0.222. The zero-order chi connectivity index (χ0) is 18.0. The van der Waals surface area contributed by atoms with E-state index in [0.29, 0.717) is 11.3 Å². The van der Waals surface area contributed by atoms with Crippen LogP contribution in [0.1, 0.15) is 34.6 Å². The molecule has 0 saturated carbocycles. The van der Waals surface area contributed by atoms with Crippen LogP contribution in [0.4, 0.5) is 0 Å². The van der Waals surface area contributed by atoms with E-state index in [0.717, 1.165) is 11.3 Å². The third kappa shape index (κ3) is 3.35. The molecule has 0 aliphatic heterocycles. The molecule has 2 aromatic heterocycles. The first-order chi connectivity index (χ1) is 12.0. The highest BCUT2D eigenvalue weighted by molar-refractivity contribution is 5.95. The number of hydrogen-bond donors (Lipinski definition) is 1. The van der Waals surface area contributed by atoms with Crippen molar-refractivity contribution in [2.75, 3.05) is 7.05 Å². The molecule has 1 N–H and O–H groups in total. The van der Waals surface area contributed by atoms with Gasteiger partial charge < -0.3 is 9.88 Å². The molecule has 25 heavy (non-hydrogen) atoms. The Morgan fingerprint density at radius 2 is 1.92 bits per heavy atom. The fourth-order valence-corrected chi connectivity index (χ4v) is 2.65. The van der Waals surface area contributed by atoms with E-state index in [2.05, 4.69) is 15.1 Å². The van der Waals surface area contributed by atoms with Crippen LogP contribution in [0.15, 0.2) is 53.8 Å². The fourth-order valence-electron chi connectivity index (χ4n) is 2.65. The lowest BCUT2D eigenvalue weighted by molar-refractivity contribution is 0.0741. The molecule has 0 unspecified atom stereocenters. The first-order valence-electron chi connectivity index (χ1n) is 7.89. The van der Waals surface area contributed by atoms with Crippen molar-refractivity contribution in [2.45, 2.75) is 19.9 Å². The third-order valence-electron chi connectivity index (χ3n) is 4.31. The summed E-state index contributed by atoms with van der Waals surface area (Å²) in [5, 5.41) is 4.09. The maximum atomic E-state index is 12.7. The number of hydrogen-bond acceptors (Lipinski definition) is 4. The monoisotopic (exact) mass is 337 g/mol. The number of nitrogens with one attached hydrogen (secondary N) is 1. The molecule has 2 heterocycles. The number of rotatable bonds is 4. The van der Waals surface area contributed by atoms with E-state index in [9.17, 15) is 9.59 Å². The molecule has 7 nitrogen and oxygen atoms in total. The number of nitrogens with zero attached hydrogens (tertiary/aromatic N) is 4. The van der Waals surface area contributed by atoms with Crippen molar-refractivity contribution in [3.8, 4) is 5.69 Å². The van der Waals surface area contributed by atoms with Crippen molar-refractivity contribution < 1.29 is 4.79 Å². The molecule has 0 spiro atoms. The lowest BCUT2D eigenvalue weighted by Gasteiger charge is -2.26. The second-order valence-electron chi connectivity index (χ2n) is 5.88. The Balaban J connectivity index is 1.80. The van der Waals surface area contributed by atoms with Gasteiger partial charge in [0, 0.05) is 18.8 Å². The number of benzene rings is 1. The molecule has 0 fully saturated rings. The van der Waals surface area contributed by atoms with E-state index in [1.165, 1.54) is 12.4 Å². The molecule has 1 atom stereocenters. The minimum absolute atomic E-state index is 0.122. The largest absolute Gasteiger partial charge is 0.335 e. The van der Waals surface area contributed by atoms with Crippen molar-refractivity contribution in [1.29, 1.82) is 0 Å². The van der Waals surface area contributed by atoms with Crippen molar-refractivity contribution in [3.63, 3.8) is 0 Å². The molecule has 1 amide bonds. The van der Waals surface area contributed by atoms with Crippen LogP contribution in [0.5, 0.6) is 0 Å². The minimum Gasteiger partial charge on any atom is -0.335 e. The van der Waals surface area contributed by atoms with Gasteiger partial charge in [-0.25, -0.2) is 9.67 Å². The summed E-state index contributed by atoms with van der Waals surface area (Å²) in [7, 11) is 1.75. The number of pyridine rings is 1. The van der Waals surface area contributed by atoms with Crippen LogP contribution < -0.4 is 5.56 Å². The number of amides is 1. The Labute approximate surface area is 144 Å². The Morgan fingerprint density at radius 3 is 2.52 bits per heavy atom. The quantitative estimate of drug-likeness (QED) is 0.790. The number of carbonyl (C=O) groups excluding carboxylic acids is 1. The number of H-pyrrole nitrogens is 1. The molecule has 128 valence electrons. The Hall–Kier alpha value is -3.22. The molecule has 7 heteroatoms. The summed E-state index contributed by atoms with van der Waals surface area (Å²) < 4.78 is 1.67. The van der Waals surface area contributed by atoms with Crippen molar-refractivity contribution in [3.05, 3.63) is 76.2 Å². The molecular formula is C18H19N5O2. The van der Waals surface area contributed by atoms with E-state index in [4.69, 9.17) is 0 Å². The molecule has 0 aliphatic carbocycles. The number of aromatic nitrogens is 4. The number of aromatic amines is 1. The highest BCUT2D eigenvalue weighted by Gasteiger charge is 2.20. The van der Waals surface area contributed by atoms with Crippen molar-refractivity contribution in [2.24, 2.45) is 0 Å². The molecule has 3 aromatic rings. The van der Waals surface area contributed by atoms with Gasteiger partial charge in [-0.2, -0.15) is 5.10 Å². The smallest absolute Gasteiger partial charge is 0.255 e. The second kappa shape index (κ2) is 6.72. The van der Waals surface area contributed by atoms with Gasteiger partial charge in [-0.3, -0.25) is 9.59 Å². The van der Waals surface area contributed by atoms with Gasteiger partial charge in [0.2, 0.25) is 5.56 Å². The maximum Gasteiger partial charge on any atom is 0.255 e. The lowest BCUT2D eigenvalue weighted by atomic mass is 10.1. The van der Waals surface area contributed by atoms with Crippen molar-refractivity contribution in [1.82, 2.24) is 24.6 Å². The SMILES string of the molecule is Cc1[nH]c(=O)ccc1C(=O)N(C)[C@@H](C)c1ccc(-n2cncn2)cc1. The molecule has 0 saturated heterocycles. The summed E-state index contributed by atoms with van der Waals surface area (Å²) in [6, 6.07) is 10.6. The predicted octanol–water partition coefficient (Wildman–Crippen LogP) is 2.10.